The summed E-state index contributed by atoms with van der Waals surface area (Å²) in [6.45, 7) is 13.3. The number of aryl methyl sites for hydroxylation is 2. The highest BCUT2D eigenvalue weighted by atomic mass is 16.5. The summed E-state index contributed by atoms with van der Waals surface area (Å²) in [5, 5.41) is 1.20. The Bertz CT molecular complexity index is 1220. The minimum absolute atomic E-state index is 0.0742. The molecule has 0 amide bonds. The summed E-state index contributed by atoms with van der Waals surface area (Å²) in [5.41, 5.74) is 6.66. The molecule has 2 heteroatoms. The third kappa shape index (κ3) is 7.83. The molecule has 0 spiro atoms. The largest absolute Gasteiger partial charge is 0.487 e. The van der Waals surface area contributed by atoms with Gasteiger partial charge in [-0.25, -0.2) is 0 Å². The Morgan fingerprint density at radius 1 is 0.800 bits per heavy atom. The number of furan rings is 1. The molecule has 40 heavy (non-hydrogen) atoms. The zero-order valence-corrected chi connectivity index (χ0v) is 26.0. The molecule has 0 fully saturated rings. The van der Waals surface area contributed by atoms with Gasteiger partial charge in [-0.05, 0) is 69.2 Å². The van der Waals surface area contributed by atoms with Gasteiger partial charge in [-0.15, -0.1) is 0 Å². The average Bonchev–Trinajstić information content (AvgIpc) is 3.42. The summed E-state index contributed by atoms with van der Waals surface area (Å²) in [4.78, 5) is 0. The van der Waals surface area contributed by atoms with E-state index in [1.165, 1.54) is 112 Å². The van der Waals surface area contributed by atoms with Crippen LogP contribution in [-0.2, 0) is 6.42 Å². The molecule has 2 nitrogen and oxygen atoms in total. The highest BCUT2D eigenvalue weighted by Crippen LogP contribution is 2.45. The van der Waals surface area contributed by atoms with Gasteiger partial charge in [0.2, 0.25) is 0 Å². The molecule has 3 aromatic rings. The first kappa shape index (κ1) is 30.5. The predicted octanol–water partition coefficient (Wildman–Crippen LogP) is 12.1. The van der Waals surface area contributed by atoms with Crippen molar-refractivity contribution in [2.24, 2.45) is 0 Å². The SMILES string of the molecule is C=C(c1ccccc1)c1cc2c3c(c(C)c(C)c2o1)OC(C)(CCCCCCCCCCCCCCCC)CC3. The van der Waals surface area contributed by atoms with E-state index < -0.39 is 0 Å². The molecule has 0 N–H and O–H groups in total. The molecular weight excluding hydrogens is 488 g/mol. The molecule has 1 atom stereocenters. The first-order valence-electron chi connectivity index (χ1n) is 16.4. The van der Waals surface area contributed by atoms with Crippen LogP contribution in [0.2, 0.25) is 0 Å². The van der Waals surface area contributed by atoms with Gasteiger partial charge in [-0.1, -0.05) is 127 Å². The van der Waals surface area contributed by atoms with Crippen LogP contribution >= 0.6 is 0 Å². The second-order valence-corrected chi connectivity index (χ2v) is 12.7. The van der Waals surface area contributed by atoms with Crippen molar-refractivity contribution >= 4 is 16.5 Å². The van der Waals surface area contributed by atoms with E-state index in [0.29, 0.717) is 0 Å². The van der Waals surface area contributed by atoms with Gasteiger partial charge in [0, 0.05) is 16.5 Å². The van der Waals surface area contributed by atoms with E-state index in [0.717, 1.165) is 47.5 Å². The van der Waals surface area contributed by atoms with Gasteiger partial charge in [0.25, 0.3) is 0 Å². The van der Waals surface area contributed by atoms with Crippen molar-refractivity contribution in [1.29, 1.82) is 0 Å². The van der Waals surface area contributed by atoms with E-state index >= 15 is 0 Å². The second-order valence-electron chi connectivity index (χ2n) is 12.7. The fourth-order valence-electron chi connectivity index (χ4n) is 6.46. The zero-order valence-electron chi connectivity index (χ0n) is 26.0. The van der Waals surface area contributed by atoms with E-state index in [9.17, 15) is 0 Å². The van der Waals surface area contributed by atoms with Crippen molar-refractivity contribution in [1.82, 2.24) is 0 Å². The van der Waals surface area contributed by atoms with Crippen molar-refractivity contribution < 1.29 is 9.15 Å². The summed E-state index contributed by atoms with van der Waals surface area (Å²) in [6, 6.07) is 12.5. The molecule has 1 aromatic heterocycles. The van der Waals surface area contributed by atoms with Crippen LogP contribution in [0.1, 0.15) is 145 Å². The Morgan fingerprint density at radius 2 is 1.38 bits per heavy atom. The lowest BCUT2D eigenvalue weighted by Gasteiger charge is -2.37. The Balaban J connectivity index is 1.23. The predicted molar refractivity (Wildman–Crippen MR) is 173 cm³/mol. The topological polar surface area (TPSA) is 22.4 Å². The average molecular weight is 543 g/mol. The molecular formula is C38H54O2. The van der Waals surface area contributed by atoms with Crippen LogP contribution in [0, 0.1) is 13.8 Å². The molecule has 2 aromatic carbocycles. The van der Waals surface area contributed by atoms with Crippen molar-refractivity contribution in [2.45, 2.75) is 142 Å². The zero-order chi connectivity index (χ0) is 28.4. The van der Waals surface area contributed by atoms with E-state index in [4.69, 9.17) is 9.15 Å². The van der Waals surface area contributed by atoms with E-state index in [1.54, 1.807) is 0 Å². The molecule has 2 heterocycles. The van der Waals surface area contributed by atoms with Crippen LogP contribution in [0.25, 0.3) is 16.5 Å². The minimum Gasteiger partial charge on any atom is -0.487 e. The number of unbranched alkanes of at least 4 members (excludes halogenated alkanes) is 13. The molecule has 0 saturated heterocycles. The Labute approximate surface area is 244 Å². The first-order chi connectivity index (χ1) is 19.4. The van der Waals surface area contributed by atoms with Crippen LogP contribution < -0.4 is 4.74 Å². The quantitative estimate of drug-likeness (QED) is 0.158. The standard InChI is InChI=1S/C38H54O2/c1-6-7-8-9-10-11-12-13-14-15-16-17-18-22-26-38(5)27-25-33-34-28-35(31(4)32-23-20-19-21-24-32)39-36(34)29(2)30(3)37(33)40-38/h19-21,23-24,28H,4,6-18,22,25-27H2,1-3,5H3. The third-order valence-electron chi connectivity index (χ3n) is 9.31. The lowest BCUT2D eigenvalue weighted by Crippen LogP contribution is -2.36. The Morgan fingerprint density at radius 3 is 1.98 bits per heavy atom. The van der Waals surface area contributed by atoms with Gasteiger partial charge < -0.3 is 9.15 Å². The van der Waals surface area contributed by atoms with E-state index in [1.807, 2.05) is 18.2 Å². The lowest BCUT2D eigenvalue weighted by atomic mass is 9.85. The maximum atomic E-state index is 6.84. The fraction of sp³-hybridized carbons (Fsp3) is 0.579. The van der Waals surface area contributed by atoms with Gasteiger partial charge >= 0.3 is 0 Å². The van der Waals surface area contributed by atoms with Crippen LogP contribution in [-0.4, -0.2) is 5.60 Å². The van der Waals surface area contributed by atoms with Gasteiger partial charge in [0.1, 0.15) is 22.7 Å². The molecule has 1 unspecified atom stereocenters. The monoisotopic (exact) mass is 542 g/mol. The summed E-state index contributed by atoms with van der Waals surface area (Å²) >= 11 is 0. The summed E-state index contributed by atoms with van der Waals surface area (Å²) in [5.74, 6) is 1.95. The molecule has 4 rings (SSSR count). The van der Waals surface area contributed by atoms with E-state index in [-0.39, 0.29) is 5.60 Å². The van der Waals surface area contributed by atoms with Crippen molar-refractivity contribution in [2.75, 3.05) is 0 Å². The van der Waals surface area contributed by atoms with E-state index in [2.05, 4.69) is 52.5 Å². The molecule has 218 valence electrons. The number of ether oxygens (including phenoxy) is 1. The highest BCUT2D eigenvalue weighted by molar-refractivity contribution is 5.92. The smallest absolute Gasteiger partial charge is 0.138 e. The van der Waals surface area contributed by atoms with Crippen molar-refractivity contribution in [3.8, 4) is 5.75 Å². The van der Waals surface area contributed by atoms with Gasteiger partial charge in [-0.2, -0.15) is 0 Å². The second kappa shape index (κ2) is 14.9. The van der Waals surface area contributed by atoms with Crippen molar-refractivity contribution in [3.63, 3.8) is 0 Å². The number of rotatable bonds is 17. The molecule has 0 saturated carbocycles. The molecule has 1 aliphatic heterocycles. The Kier molecular flexibility index (Phi) is 11.4. The maximum Gasteiger partial charge on any atom is 0.138 e. The van der Waals surface area contributed by atoms with Crippen LogP contribution in [0.5, 0.6) is 5.75 Å². The van der Waals surface area contributed by atoms with Crippen LogP contribution in [0.15, 0.2) is 47.4 Å². The first-order valence-corrected chi connectivity index (χ1v) is 16.4. The third-order valence-corrected chi connectivity index (χ3v) is 9.31. The summed E-state index contributed by atoms with van der Waals surface area (Å²) in [6.07, 6.45) is 22.8. The summed E-state index contributed by atoms with van der Waals surface area (Å²) < 4.78 is 13.3. The van der Waals surface area contributed by atoms with Crippen molar-refractivity contribution in [3.05, 3.63) is 71.0 Å². The van der Waals surface area contributed by atoms with Gasteiger partial charge in [0.15, 0.2) is 0 Å². The normalized spacial score (nSPS) is 16.7. The minimum atomic E-state index is -0.0742. The maximum absolute atomic E-state index is 6.84. The number of hydrogen-bond donors (Lipinski definition) is 0. The molecule has 0 aliphatic carbocycles. The van der Waals surface area contributed by atoms with Gasteiger partial charge in [-0.3, -0.25) is 0 Å². The number of fused-ring (bicyclic) bond motifs is 3. The number of benzene rings is 2. The summed E-state index contributed by atoms with van der Waals surface area (Å²) in [7, 11) is 0. The highest BCUT2D eigenvalue weighted by Gasteiger charge is 2.34. The van der Waals surface area contributed by atoms with Gasteiger partial charge in [0.05, 0.1) is 0 Å². The fourth-order valence-corrected chi connectivity index (χ4v) is 6.46. The molecule has 0 radical (unpaired) electrons. The van der Waals surface area contributed by atoms with Crippen LogP contribution in [0.4, 0.5) is 0 Å². The Hall–Kier alpha value is -2.48. The van der Waals surface area contributed by atoms with Crippen LogP contribution in [0.3, 0.4) is 0 Å². The number of hydrogen-bond acceptors (Lipinski definition) is 2. The lowest BCUT2D eigenvalue weighted by molar-refractivity contribution is 0.0530. The molecule has 1 aliphatic rings. The molecule has 0 bridgehead atoms.